The lowest BCUT2D eigenvalue weighted by Gasteiger charge is -2.11. The Kier molecular flexibility index (Phi) is 4.87. The summed E-state index contributed by atoms with van der Waals surface area (Å²) >= 11 is 0. The molecule has 31 heavy (non-hydrogen) atoms. The minimum Gasteiger partial charge on any atom is -0.444 e. The van der Waals surface area contributed by atoms with Crippen molar-refractivity contribution < 1.29 is 14.3 Å². The third-order valence-corrected chi connectivity index (χ3v) is 4.94. The smallest absolute Gasteiger partial charge is 0.413 e. The van der Waals surface area contributed by atoms with E-state index in [1.54, 1.807) is 22.9 Å². The molecule has 10 nitrogen and oxygen atoms in total. The number of carbonyl (C=O) groups is 2. The van der Waals surface area contributed by atoms with Crippen molar-refractivity contribution in [2.24, 2.45) is 0 Å². The summed E-state index contributed by atoms with van der Waals surface area (Å²) in [5, 5.41) is 16.2. The van der Waals surface area contributed by atoms with Crippen LogP contribution in [-0.4, -0.2) is 39.3 Å². The van der Waals surface area contributed by atoms with Crippen molar-refractivity contribution in [1.29, 1.82) is 0 Å². The molecule has 10 heteroatoms. The van der Waals surface area contributed by atoms with Gasteiger partial charge in [0.25, 0.3) is 5.91 Å². The quantitative estimate of drug-likeness (QED) is 0.451. The molecule has 0 unspecified atom stereocenters. The maximum Gasteiger partial charge on any atom is 0.413 e. The second-order valence-corrected chi connectivity index (χ2v) is 7.38. The molecule has 2 amide bonds. The lowest BCUT2D eigenvalue weighted by atomic mass is 10.2. The highest BCUT2D eigenvalue weighted by Gasteiger charge is 2.24. The Morgan fingerprint density at radius 3 is 2.84 bits per heavy atom. The van der Waals surface area contributed by atoms with Crippen LogP contribution in [0.5, 0.6) is 0 Å². The van der Waals surface area contributed by atoms with Crippen LogP contribution in [0.3, 0.4) is 0 Å². The average Bonchev–Trinajstić information content (AvgIpc) is 3.36. The van der Waals surface area contributed by atoms with Gasteiger partial charge in [0, 0.05) is 17.7 Å². The zero-order valence-corrected chi connectivity index (χ0v) is 16.6. The number of hydrogen-bond donors (Lipinski definition) is 4. The van der Waals surface area contributed by atoms with E-state index < -0.39 is 6.09 Å². The van der Waals surface area contributed by atoms with Crippen LogP contribution in [0.15, 0.2) is 48.3 Å². The molecule has 1 aromatic carbocycles. The first-order valence-corrected chi connectivity index (χ1v) is 10.0. The zero-order valence-electron chi connectivity index (χ0n) is 16.6. The Hall–Kier alpha value is -4.08. The maximum absolute atomic E-state index is 12.3. The van der Waals surface area contributed by atoms with Gasteiger partial charge in [-0.05, 0) is 24.5 Å². The minimum absolute atomic E-state index is 0.160. The van der Waals surface area contributed by atoms with E-state index in [-0.39, 0.29) is 12.5 Å². The predicted octanol–water partition coefficient (Wildman–Crippen LogP) is 2.07. The molecule has 0 atom stereocenters. The number of aromatic nitrogens is 3. The lowest BCUT2D eigenvalue weighted by Crippen LogP contribution is -2.16. The van der Waals surface area contributed by atoms with Gasteiger partial charge in [-0.3, -0.25) is 10.1 Å². The summed E-state index contributed by atoms with van der Waals surface area (Å²) in [4.78, 5) is 28.7. The van der Waals surface area contributed by atoms with Crippen LogP contribution in [0, 0.1) is 0 Å². The second-order valence-electron chi connectivity index (χ2n) is 7.38. The largest absolute Gasteiger partial charge is 0.444 e. The first-order valence-electron chi connectivity index (χ1n) is 10.0. The SMILES string of the molecule is O=C(Nc1cc(NC2CC2)n2ncc(/C=C3\NCNC3=O)c2n1)OCc1ccccc1. The third-order valence-electron chi connectivity index (χ3n) is 4.94. The summed E-state index contributed by atoms with van der Waals surface area (Å²) in [5.74, 6) is 0.853. The van der Waals surface area contributed by atoms with Gasteiger partial charge in [-0.15, -0.1) is 0 Å². The summed E-state index contributed by atoms with van der Waals surface area (Å²) in [7, 11) is 0. The van der Waals surface area contributed by atoms with Gasteiger partial charge in [0.1, 0.15) is 23.9 Å². The molecule has 3 heterocycles. The Bertz CT molecular complexity index is 1170. The predicted molar refractivity (Wildman–Crippen MR) is 114 cm³/mol. The molecule has 1 aliphatic heterocycles. The summed E-state index contributed by atoms with van der Waals surface area (Å²) in [6.07, 6.45) is 4.88. The molecule has 0 radical (unpaired) electrons. The second kappa shape index (κ2) is 7.98. The standard InChI is InChI=1S/C21H21N7O3/c29-20-16(22-12-23-20)8-14-10-24-28-18(25-15-6-7-15)9-17(26-19(14)28)27-21(30)31-11-13-4-2-1-3-5-13/h1-5,8-10,15,22,25H,6-7,11-12H2,(H,23,29)(H,26,27,30)/b16-8-. The van der Waals surface area contributed by atoms with Crippen LogP contribution in [0.2, 0.25) is 0 Å². The molecular weight excluding hydrogens is 398 g/mol. The summed E-state index contributed by atoms with van der Waals surface area (Å²) in [5.41, 5.74) is 2.50. The van der Waals surface area contributed by atoms with Crippen molar-refractivity contribution in [2.75, 3.05) is 17.3 Å². The number of fused-ring (bicyclic) bond motifs is 1. The maximum atomic E-state index is 12.3. The Labute approximate surface area is 177 Å². The van der Waals surface area contributed by atoms with Crippen molar-refractivity contribution in [3.05, 3.63) is 59.4 Å². The molecule has 5 rings (SSSR count). The number of amides is 2. The van der Waals surface area contributed by atoms with Gasteiger partial charge in [0.05, 0.1) is 12.9 Å². The highest BCUT2D eigenvalue weighted by Crippen LogP contribution is 2.27. The van der Waals surface area contributed by atoms with Crippen molar-refractivity contribution in [3.63, 3.8) is 0 Å². The van der Waals surface area contributed by atoms with E-state index >= 15 is 0 Å². The first-order chi connectivity index (χ1) is 15.2. The monoisotopic (exact) mass is 419 g/mol. The van der Waals surface area contributed by atoms with Gasteiger partial charge >= 0.3 is 6.09 Å². The zero-order chi connectivity index (χ0) is 21.2. The van der Waals surface area contributed by atoms with E-state index in [9.17, 15) is 9.59 Å². The van der Waals surface area contributed by atoms with Gasteiger partial charge in [-0.2, -0.15) is 9.61 Å². The van der Waals surface area contributed by atoms with E-state index in [1.165, 1.54) is 0 Å². The van der Waals surface area contributed by atoms with Crippen LogP contribution in [-0.2, 0) is 16.1 Å². The van der Waals surface area contributed by atoms with E-state index in [1.807, 2.05) is 30.3 Å². The molecule has 1 saturated carbocycles. The topological polar surface area (TPSA) is 122 Å². The molecule has 3 aromatic rings. The van der Waals surface area contributed by atoms with Crippen molar-refractivity contribution in [1.82, 2.24) is 25.2 Å². The van der Waals surface area contributed by atoms with E-state index in [4.69, 9.17) is 4.74 Å². The molecule has 2 aromatic heterocycles. The average molecular weight is 419 g/mol. The number of rotatable bonds is 6. The molecule has 4 N–H and O–H groups in total. The van der Waals surface area contributed by atoms with E-state index in [2.05, 4.69) is 31.3 Å². The molecule has 2 fully saturated rings. The lowest BCUT2D eigenvalue weighted by molar-refractivity contribution is -0.116. The van der Waals surface area contributed by atoms with Crippen LogP contribution in [0.4, 0.5) is 16.4 Å². The Morgan fingerprint density at radius 2 is 2.10 bits per heavy atom. The van der Waals surface area contributed by atoms with Crippen LogP contribution in [0.1, 0.15) is 24.0 Å². The van der Waals surface area contributed by atoms with Crippen LogP contribution < -0.4 is 21.3 Å². The molecule has 1 aliphatic carbocycles. The van der Waals surface area contributed by atoms with Crippen molar-refractivity contribution in [2.45, 2.75) is 25.5 Å². The summed E-state index contributed by atoms with van der Waals surface area (Å²) < 4.78 is 6.97. The first kappa shape index (κ1) is 18.9. The summed E-state index contributed by atoms with van der Waals surface area (Å²) in [6.45, 7) is 0.540. The highest BCUT2D eigenvalue weighted by atomic mass is 16.5. The van der Waals surface area contributed by atoms with Gasteiger partial charge in [0.15, 0.2) is 5.65 Å². The van der Waals surface area contributed by atoms with Crippen molar-refractivity contribution >= 4 is 35.4 Å². The molecule has 1 saturated heterocycles. The van der Waals surface area contributed by atoms with Crippen LogP contribution >= 0.6 is 0 Å². The minimum atomic E-state index is -0.602. The normalized spacial score (nSPS) is 16.8. The van der Waals surface area contributed by atoms with E-state index in [0.29, 0.717) is 41.3 Å². The number of nitrogens with one attached hydrogen (secondary N) is 4. The van der Waals surface area contributed by atoms with Gasteiger partial charge < -0.3 is 20.7 Å². The number of carbonyl (C=O) groups excluding carboxylic acids is 2. The fourth-order valence-corrected chi connectivity index (χ4v) is 3.22. The fourth-order valence-electron chi connectivity index (χ4n) is 3.22. The molecule has 0 bridgehead atoms. The number of nitrogens with zero attached hydrogens (tertiary/aromatic N) is 3. The van der Waals surface area contributed by atoms with Crippen LogP contribution in [0.25, 0.3) is 11.7 Å². The number of hydrogen-bond acceptors (Lipinski definition) is 7. The van der Waals surface area contributed by atoms with Gasteiger partial charge in [0.2, 0.25) is 0 Å². The van der Waals surface area contributed by atoms with Crippen molar-refractivity contribution in [3.8, 4) is 0 Å². The Balaban J connectivity index is 1.41. The van der Waals surface area contributed by atoms with Gasteiger partial charge in [-0.25, -0.2) is 9.78 Å². The number of ether oxygens (including phenoxy) is 1. The molecule has 0 spiro atoms. The molecule has 2 aliphatic rings. The Morgan fingerprint density at radius 1 is 1.26 bits per heavy atom. The number of benzene rings is 1. The molecule has 158 valence electrons. The third kappa shape index (κ3) is 4.27. The van der Waals surface area contributed by atoms with E-state index in [0.717, 1.165) is 18.4 Å². The fraction of sp³-hybridized carbons (Fsp3) is 0.238. The number of anilines is 2. The van der Waals surface area contributed by atoms with Gasteiger partial charge in [-0.1, -0.05) is 30.3 Å². The molecular formula is C21H21N7O3. The highest BCUT2D eigenvalue weighted by molar-refractivity contribution is 5.99. The summed E-state index contributed by atoms with van der Waals surface area (Å²) in [6, 6.07) is 11.5.